The van der Waals surface area contributed by atoms with E-state index < -0.39 is 27.1 Å². The van der Waals surface area contributed by atoms with Crippen LogP contribution in [0.1, 0.15) is 41.6 Å². The summed E-state index contributed by atoms with van der Waals surface area (Å²) in [5, 5.41) is 2.63. The molecule has 0 unspecified atom stereocenters. The van der Waals surface area contributed by atoms with Crippen LogP contribution < -0.4 is 4.72 Å². The van der Waals surface area contributed by atoms with Gasteiger partial charge in [-0.2, -0.15) is 21.6 Å². The Hall–Kier alpha value is -1.82. The van der Waals surface area contributed by atoms with E-state index in [4.69, 9.17) is 23.2 Å². The third kappa shape index (κ3) is 4.84. The Kier molecular flexibility index (Phi) is 6.90. The fourth-order valence-electron chi connectivity index (χ4n) is 3.00. The number of rotatable bonds is 7. The van der Waals surface area contributed by atoms with Crippen molar-refractivity contribution >= 4 is 60.6 Å². The Morgan fingerprint density at radius 1 is 1.29 bits per heavy atom. The van der Waals surface area contributed by atoms with Gasteiger partial charge in [0.1, 0.15) is 11.5 Å². The number of halogens is 5. The number of aryl methyl sites for hydroxylation is 1. The predicted octanol–water partition coefficient (Wildman–Crippen LogP) is 5.37. The summed E-state index contributed by atoms with van der Waals surface area (Å²) in [6.45, 7) is 1.96. The molecule has 31 heavy (non-hydrogen) atoms. The summed E-state index contributed by atoms with van der Waals surface area (Å²) in [4.78, 5) is 16.6. The highest BCUT2D eigenvalue weighted by molar-refractivity contribution is 7.90. The van der Waals surface area contributed by atoms with Crippen molar-refractivity contribution in [2.75, 3.05) is 0 Å². The molecule has 168 valence electrons. The third-order valence-corrected chi connectivity index (χ3v) is 7.10. The number of alkyl halides is 3. The first-order valence-corrected chi connectivity index (χ1v) is 12.1. The lowest BCUT2D eigenvalue weighted by Gasteiger charge is -2.13. The minimum Gasteiger partial charge on any atom is -0.318 e. The van der Waals surface area contributed by atoms with Crippen molar-refractivity contribution in [3.05, 3.63) is 50.8 Å². The Morgan fingerprint density at radius 2 is 2.00 bits per heavy atom. The summed E-state index contributed by atoms with van der Waals surface area (Å²) in [6, 6.07) is 5.34. The highest BCUT2D eigenvalue weighted by Gasteiger charge is 2.47. The number of benzene rings is 1. The van der Waals surface area contributed by atoms with Gasteiger partial charge in [-0.05, 0) is 29.5 Å². The number of unbranched alkanes of at least 4 members (excludes halogenated alkanes) is 1. The number of thiophene rings is 1. The van der Waals surface area contributed by atoms with E-state index in [1.807, 2.05) is 18.4 Å². The van der Waals surface area contributed by atoms with Gasteiger partial charge in [-0.3, -0.25) is 4.79 Å². The third-order valence-electron chi connectivity index (χ3n) is 4.46. The van der Waals surface area contributed by atoms with Crippen LogP contribution in [-0.2, 0) is 23.0 Å². The van der Waals surface area contributed by atoms with Crippen molar-refractivity contribution in [1.82, 2.24) is 14.3 Å². The van der Waals surface area contributed by atoms with Crippen LogP contribution in [0, 0.1) is 0 Å². The summed E-state index contributed by atoms with van der Waals surface area (Å²) in [5.74, 6) is -1.16. The zero-order valence-electron chi connectivity index (χ0n) is 16.0. The van der Waals surface area contributed by atoms with Crippen molar-refractivity contribution in [1.29, 1.82) is 0 Å². The van der Waals surface area contributed by atoms with E-state index in [2.05, 4.69) is 4.98 Å². The van der Waals surface area contributed by atoms with E-state index in [1.165, 1.54) is 15.9 Å². The molecule has 0 aliphatic rings. The summed E-state index contributed by atoms with van der Waals surface area (Å²) < 4.78 is 64.3. The molecule has 13 heteroatoms. The van der Waals surface area contributed by atoms with E-state index in [9.17, 15) is 26.4 Å². The first-order valence-electron chi connectivity index (χ1n) is 8.99. The molecule has 1 amide bonds. The Bertz CT molecular complexity index is 1240. The number of fused-ring (bicyclic) bond motifs is 1. The standard InChI is InChI=1S/C18H16Cl2F3N3O3S2/c1-2-3-7-13-24-16(20)15(17(27)25-31(28,29)18(21,22)23)26(13)8-10-9-30-12-6-4-5-11(19)14(10)12/h4-6,9H,2-3,7-8H2,1H3,(H,25,27). The number of nitrogens with one attached hydrogen (secondary N) is 1. The molecule has 0 aliphatic heterocycles. The van der Waals surface area contributed by atoms with Gasteiger partial charge in [0.05, 0.1) is 6.54 Å². The smallest absolute Gasteiger partial charge is 0.318 e. The lowest BCUT2D eigenvalue weighted by Crippen LogP contribution is -2.41. The van der Waals surface area contributed by atoms with Crippen LogP contribution in [0.15, 0.2) is 23.6 Å². The lowest BCUT2D eigenvalue weighted by molar-refractivity contribution is -0.0446. The number of carbonyl (C=O) groups is 1. The number of amides is 1. The zero-order valence-corrected chi connectivity index (χ0v) is 19.1. The molecular formula is C18H16Cl2F3N3O3S2. The molecule has 0 aliphatic carbocycles. The number of hydrogen-bond acceptors (Lipinski definition) is 5. The molecule has 0 fully saturated rings. The van der Waals surface area contributed by atoms with Gasteiger partial charge in [0, 0.05) is 21.5 Å². The number of nitrogens with zero attached hydrogens (tertiary/aromatic N) is 2. The summed E-state index contributed by atoms with van der Waals surface area (Å²) >= 11 is 13.8. The average molecular weight is 514 g/mol. The van der Waals surface area contributed by atoms with E-state index in [0.29, 0.717) is 29.3 Å². The van der Waals surface area contributed by atoms with Crippen molar-refractivity contribution in [2.45, 2.75) is 38.2 Å². The summed E-state index contributed by atoms with van der Waals surface area (Å²) in [6.07, 6.45) is 1.87. The molecule has 3 aromatic rings. The van der Waals surface area contributed by atoms with Gasteiger partial charge >= 0.3 is 15.5 Å². The second-order valence-corrected chi connectivity index (χ2v) is 9.96. The minimum atomic E-state index is -5.91. The largest absolute Gasteiger partial charge is 0.516 e. The topological polar surface area (TPSA) is 81.1 Å². The van der Waals surface area contributed by atoms with Gasteiger partial charge in [-0.15, -0.1) is 11.3 Å². The van der Waals surface area contributed by atoms with Crippen molar-refractivity contribution in [3.63, 3.8) is 0 Å². The maximum Gasteiger partial charge on any atom is 0.516 e. The van der Waals surface area contributed by atoms with Crippen LogP contribution >= 0.6 is 34.5 Å². The van der Waals surface area contributed by atoms with Crippen molar-refractivity contribution in [3.8, 4) is 0 Å². The second-order valence-electron chi connectivity index (χ2n) is 6.61. The maximum atomic E-state index is 12.7. The highest BCUT2D eigenvalue weighted by Crippen LogP contribution is 2.33. The summed E-state index contributed by atoms with van der Waals surface area (Å²) in [7, 11) is -5.91. The van der Waals surface area contributed by atoms with Gasteiger partial charge in [0.25, 0.3) is 5.91 Å². The van der Waals surface area contributed by atoms with Crippen LogP contribution in [0.3, 0.4) is 0 Å². The fourth-order valence-corrected chi connectivity index (χ4v) is 5.07. The Labute approximate surface area is 190 Å². The molecule has 0 saturated heterocycles. The maximum absolute atomic E-state index is 12.7. The number of hydrogen-bond donors (Lipinski definition) is 1. The molecule has 0 saturated carbocycles. The van der Waals surface area contributed by atoms with Gasteiger partial charge in [-0.1, -0.05) is 42.6 Å². The first-order chi connectivity index (χ1) is 14.5. The van der Waals surface area contributed by atoms with Gasteiger partial charge in [0.2, 0.25) is 0 Å². The molecular weight excluding hydrogens is 498 g/mol. The van der Waals surface area contributed by atoms with Crippen molar-refractivity contribution < 1.29 is 26.4 Å². The van der Waals surface area contributed by atoms with E-state index in [-0.39, 0.29) is 11.7 Å². The first kappa shape index (κ1) is 23.8. The van der Waals surface area contributed by atoms with Crippen molar-refractivity contribution in [2.24, 2.45) is 0 Å². The van der Waals surface area contributed by atoms with E-state index in [1.54, 1.807) is 12.1 Å². The molecule has 0 bridgehead atoms. The van der Waals surface area contributed by atoms with Crippen LogP contribution in [0.5, 0.6) is 0 Å². The number of carbonyl (C=O) groups excluding carboxylic acids is 1. The Morgan fingerprint density at radius 3 is 2.65 bits per heavy atom. The monoisotopic (exact) mass is 513 g/mol. The molecule has 6 nitrogen and oxygen atoms in total. The van der Waals surface area contributed by atoms with Crippen LogP contribution in [-0.4, -0.2) is 29.4 Å². The molecule has 0 spiro atoms. The zero-order chi connectivity index (χ0) is 23.0. The molecule has 3 rings (SSSR count). The second kappa shape index (κ2) is 8.97. The van der Waals surface area contributed by atoms with Crippen LogP contribution in [0.4, 0.5) is 13.2 Å². The number of aromatic nitrogens is 2. The minimum absolute atomic E-state index is 0.0251. The molecule has 2 aromatic heterocycles. The summed E-state index contributed by atoms with van der Waals surface area (Å²) in [5.41, 5.74) is -5.42. The van der Waals surface area contributed by atoms with Gasteiger partial charge < -0.3 is 4.57 Å². The van der Waals surface area contributed by atoms with E-state index in [0.717, 1.165) is 21.2 Å². The number of sulfonamides is 1. The SMILES string of the molecule is CCCCc1nc(Cl)c(C(=O)NS(=O)(=O)C(F)(F)F)n1Cc1csc2cccc(Cl)c12. The molecule has 1 N–H and O–H groups in total. The molecule has 0 radical (unpaired) electrons. The fraction of sp³-hybridized carbons (Fsp3) is 0.333. The normalized spacial score (nSPS) is 12.5. The highest BCUT2D eigenvalue weighted by atomic mass is 35.5. The van der Waals surface area contributed by atoms with Crippen LogP contribution in [0.25, 0.3) is 10.1 Å². The quantitative estimate of drug-likeness (QED) is 0.460. The average Bonchev–Trinajstić information content (AvgIpc) is 3.21. The molecule has 1 aromatic carbocycles. The molecule has 0 atom stereocenters. The van der Waals surface area contributed by atoms with E-state index >= 15 is 0 Å². The van der Waals surface area contributed by atoms with Gasteiger partial charge in [0.15, 0.2) is 5.15 Å². The van der Waals surface area contributed by atoms with Crippen LogP contribution in [0.2, 0.25) is 10.2 Å². The van der Waals surface area contributed by atoms with Gasteiger partial charge in [-0.25, -0.2) is 9.71 Å². The Balaban J connectivity index is 2.08. The number of imidazole rings is 1. The predicted molar refractivity (Wildman–Crippen MR) is 114 cm³/mol. The lowest BCUT2D eigenvalue weighted by atomic mass is 10.1. The molecule has 2 heterocycles.